The minimum Gasteiger partial charge on any atom is -0.387 e. The molecule has 0 spiro atoms. The Labute approximate surface area is 116 Å². The number of alkyl halides is 3. The van der Waals surface area contributed by atoms with Gasteiger partial charge in [0.05, 0.1) is 5.69 Å². The molecule has 0 aromatic heterocycles. The summed E-state index contributed by atoms with van der Waals surface area (Å²) in [5.74, 6) is 0. The molecular formula is C12H17F3N2O2S. The lowest BCUT2D eigenvalue weighted by atomic mass is 10.3. The summed E-state index contributed by atoms with van der Waals surface area (Å²) in [5, 5.41) is 2.67. The van der Waals surface area contributed by atoms with Crippen molar-refractivity contribution < 1.29 is 21.6 Å². The predicted octanol–water partition coefficient (Wildman–Crippen LogP) is 2.69. The third-order valence-electron chi connectivity index (χ3n) is 2.60. The van der Waals surface area contributed by atoms with Crippen LogP contribution in [0.4, 0.5) is 18.9 Å². The Morgan fingerprint density at radius 3 is 2.35 bits per heavy atom. The molecule has 8 heteroatoms. The first kappa shape index (κ1) is 16.8. The minimum absolute atomic E-state index is 0.153. The molecule has 1 aromatic rings. The van der Waals surface area contributed by atoms with E-state index in [1.807, 2.05) is 0 Å². The lowest BCUT2D eigenvalue weighted by Crippen LogP contribution is -2.39. The number of sulfonamides is 1. The highest BCUT2D eigenvalue weighted by Gasteiger charge is 2.37. The van der Waals surface area contributed by atoms with E-state index in [9.17, 15) is 21.6 Å². The van der Waals surface area contributed by atoms with Gasteiger partial charge in [-0.05, 0) is 18.6 Å². The normalized spacial score (nSPS) is 12.7. The summed E-state index contributed by atoms with van der Waals surface area (Å²) in [5.41, 5.74) is 0.274. The molecule has 0 saturated heterocycles. The van der Waals surface area contributed by atoms with Gasteiger partial charge in [0.2, 0.25) is 10.0 Å². The molecule has 0 aliphatic rings. The van der Waals surface area contributed by atoms with Crippen molar-refractivity contribution in [1.29, 1.82) is 0 Å². The van der Waals surface area contributed by atoms with E-state index in [4.69, 9.17) is 0 Å². The Morgan fingerprint density at radius 1 is 1.25 bits per heavy atom. The minimum atomic E-state index is -4.57. The molecule has 0 saturated carbocycles. The standard InChI is InChI=1S/C12H17F3N2O2S/c1-3-8-17(9-12(13,14)15)20(18,19)11-7-5-4-6-10(11)16-2/h4-7,16H,3,8-9H2,1-2H3. The molecule has 0 aliphatic carbocycles. The van der Waals surface area contributed by atoms with Crippen LogP contribution >= 0.6 is 0 Å². The van der Waals surface area contributed by atoms with Crippen molar-refractivity contribution in [2.75, 3.05) is 25.5 Å². The fourth-order valence-electron chi connectivity index (χ4n) is 1.77. The number of para-hydroxylation sites is 1. The number of benzene rings is 1. The monoisotopic (exact) mass is 310 g/mol. The van der Waals surface area contributed by atoms with Crippen LogP contribution < -0.4 is 5.32 Å². The van der Waals surface area contributed by atoms with Crippen molar-refractivity contribution in [2.45, 2.75) is 24.4 Å². The van der Waals surface area contributed by atoms with E-state index < -0.39 is 22.7 Å². The molecule has 0 fully saturated rings. The third-order valence-corrected chi connectivity index (χ3v) is 4.51. The Morgan fingerprint density at radius 2 is 1.85 bits per heavy atom. The third kappa shape index (κ3) is 4.11. The molecule has 20 heavy (non-hydrogen) atoms. The largest absolute Gasteiger partial charge is 0.402 e. The number of halogens is 3. The fourth-order valence-corrected chi connectivity index (χ4v) is 3.49. The van der Waals surface area contributed by atoms with E-state index in [1.165, 1.54) is 25.2 Å². The lowest BCUT2D eigenvalue weighted by molar-refractivity contribution is -0.136. The van der Waals surface area contributed by atoms with Gasteiger partial charge < -0.3 is 5.32 Å². The molecule has 1 N–H and O–H groups in total. The van der Waals surface area contributed by atoms with Crippen molar-refractivity contribution in [3.8, 4) is 0 Å². The van der Waals surface area contributed by atoms with E-state index in [1.54, 1.807) is 13.0 Å². The van der Waals surface area contributed by atoms with E-state index >= 15 is 0 Å². The molecule has 114 valence electrons. The van der Waals surface area contributed by atoms with Gasteiger partial charge in [0.25, 0.3) is 0 Å². The molecule has 0 aliphatic heterocycles. The van der Waals surface area contributed by atoms with Crippen molar-refractivity contribution in [1.82, 2.24) is 4.31 Å². The van der Waals surface area contributed by atoms with Crippen LogP contribution in [-0.2, 0) is 10.0 Å². The summed E-state index contributed by atoms with van der Waals surface area (Å²) in [6.07, 6.45) is -4.27. The Bertz CT molecular complexity index is 544. The molecule has 0 radical (unpaired) electrons. The topological polar surface area (TPSA) is 49.4 Å². The van der Waals surface area contributed by atoms with Crippen LogP contribution in [0.1, 0.15) is 13.3 Å². The summed E-state index contributed by atoms with van der Waals surface area (Å²) in [4.78, 5) is -0.153. The van der Waals surface area contributed by atoms with Gasteiger partial charge in [-0.25, -0.2) is 8.42 Å². The van der Waals surface area contributed by atoms with E-state index in [0.29, 0.717) is 10.7 Å². The number of nitrogens with zero attached hydrogens (tertiary/aromatic N) is 1. The van der Waals surface area contributed by atoms with Crippen LogP contribution in [0.25, 0.3) is 0 Å². The molecule has 0 amide bonds. The van der Waals surface area contributed by atoms with Crippen LogP contribution in [-0.4, -0.2) is 39.0 Å². The summed E-state index contributed by atoms with van der Waals surface area (Å²) < 4.78 is 62.8. The van der Waals surface area contributed by atoms with Gasteiger partial charge in [-0.1, -0.05) is 19.1 Å². The molecule has 0 atom stereocenters. The van der Waals surface area contributed by atoms with E-state index in [0.717, 1.165) is 0 Å². The van der Waals surface area contributed by atoms with E-state index in [2.05, 4.69) is 5.32 Å². The average molecular weight is 310 g/mol. The number of hydrogen-bond donors (Lipinski definition) is 1. The van der Waals surface area contributed by atoms with Crippen LogP contribution in [0.2, 0.25) is 0 Å². The molecule has 1 aromatic carbocycles. The first-order valence-corrected chi connectivity index (χ1v) is 7.50. The van der Waals surface area contributed by atoms with Gasteiger partial charge in [-0.3, -0.25) is 0 Å². The molecule has 0 heterocycles. The quantitative estimate of drug-likeness (QED) is 0.879. The second-order valence-electron chi connectivity index (χ2n) is 4.20. The van der Waals surface area contributed by atoms with Crippen molar-refractivity contribution in [2.24, 2.45) is 0 Å². The molecule has 0 unspecified atom stereocenters. The summed E-state index contributed by atoms with van der Waals surface area (Å²) in [6, 6.07) is 5.88. The number of anilines is 1. The molecule has 0 bridgehead atoms. The molecule has 4 nitrogen and oxygen atoms in total. The van der Waals surface area contributed by atoms with Crippen LogP contribution in [0.15, 0.2) is 29.2 Å². The highest BCUT2D eigenvalue weighted by molar-refractivity contribution is 7.89. The maximum absolute atomic E-state index is 12.5. The summed E-state index contributed by atoms with van der Waals surface area (Å²) in [7, 11) is -2.67. The second kappa shape index (κ2) is 6.45. The Balaban J connectivity index is 3.22. The zero-order valence-corrected chi connectivity index (χ0v) is 12.1. The highest BCUT2D eigenvalue weighted by Crippen LogP contribution is 2.27. The van der Waals surface area contributed by atoms with Gasteiger partial charge >= 0.3 is 6.18 Å². The van der Waals surface area contributed by atoms with E-state index in [-0.39, 0.29) is 17.1 Å². The predicted molar refractivity (Wildman–Crippen MR) is 71.1 cm³/mol. The zero-order chi connectivity index (χ0) is 15.4. The van der Waals surface area contributed by atoms with Crippen LogP contribution in [0.3, 0.4) is 0 Å². The number of nitrogens with one attached hydrogen (secondary N) is 1. The van der Waals surface area contributed by atoms with Crippen molar-refractivity contribution in [3.05, 3.63) is 24.3 Å². The second-order valence-corrected chi connectivity index (χ2v) is 6.11. The van der Waals surface area contributed by atoms with Gasteiger partial charge in [-0.15, -0.1) is 0 Å². The average Bonchev–Trinajstić information content (AvgIpc) is 2.36. The Hall–Kier alpha value is -1.28. The summed E-state index contributed by atoms with van der Waals surface area (Å²) >= 11 is 0. The smallest absolute Gasteiger partial charge is 0.387 e. The summed E-state index contributed by atoms with van der Waals surface area (Å²) in [6.45, 7) is -0.0377. The van der Waals surface area contributed by atoms with Crippen molar-refractivity contribution >= 4 is 15.7 Å². The lowest BCUT2D eigenvalue weighted by Gasteiger charge is -2.24. The highest BCUT2D eigenvalue weighted by atomic mass is 32.2. The van der Waals surface area contributed by atoms with Crippen molar-refractivity contribution in [3.63, 3.8) is 0 Å². The van der Waals surface area contributed by atoms with Gasteiger partial charge in [-0.2, -0.15) is 17.5 Å². The number of hydrogen-bond acceptors (Lipinski definition) is 3. The SMILES string of the molecule is CCCN(CC(F)(F)F)S(=O)(=O)c1ccccc1NC. The first-order chi connectivity index (χ1) is 9.22. The molecule has 1 rings (SSSR count). The van der Waals surface area contributed by atoms with Crippen LogP contribution in [0.5, 0.6) is 0 Å². The van der Waals surface area contributed by atoms with Gasteiger partial charge in [0.1, 0.15) is 11.4 Å². The van der Waals surface area contributed by atoms with Crippen LogP contribution in [0, 0.1) is 0 Å². The maximum Gasteiger partial charge on any atom is 0.402 e. The van der Waals surface area contributed by atoms with Gasteiger partial charge in [0, 0.05) is 13.6 Å². The first-order valence-electron chi connectivity index (χ1n) is 6.06. The number of rotatable bonds is 6. The fraction of sp³-hybridized carbons (Fsp3) is 0.500. The zero-order valence-electron chi connectivity index (χ0n) is 11.2. The Kier molecular flexibility index (Phi) is 5.41. The molecular weight excluding hydrogens is 293 g/mol. The maximum atomic E-state index is 12.5. The van der Waals surface area contributed by atoms with Gasteiger partial charge in [0.15, 0.2) is 0 Å².